The summed E-state index contributed by atoms with van der Waals surface area (Å²) < 4.78 is 10.3. The number of hydrogen-bond donors (Lipinski definition) is 1. The molecule has 1 aliphatic rings. The van der Waals surface area contributed by atoms with E-state index in [2.05, 4.69) is 10.2 Å². The van der Waals surface area contributed by atoms with E-state index in [4.69, 9.17) is 14.5 Å². The summed E-state index contributed by atoms with van der Waals surface area (Å²) in [7, 11) is 1.34. The average molecular weight is 440 g/mol. The van der Waals surface area contributed by atoms with Gasteiger partial charge in [0.25, 0.3) is 0 Å². The Balaban J connectivity index is 1.60. The number of amides is 1. The molecule has 0 radical (unpaired) electrons. The first-order valence-electron chi connectivity index (χ1n) is 10.2. The molecule has 162 valence electrons. The van der Waals surface area contributed by atoms with E-state index < -0.39 is 5.97 Å². The zero-order valence-corrected chi connectivity index (χ0v) is 18.5. The first kappa shape index (κ1) is 21.4. The number of aryl methyl sites for hydroxylation is 1. The van der Waals surface area contributed by atoms with Gasteiger partial charge in [0.15, 0.2) is 0 Å². The Bertz CT molecular complexity index is 1110. The number of esters is 1. The number of fused-ring (bicyclic) bond motifs is 1. The number of thiophene rings is 1. The van der Waals surface area contributed by atoms with Gasteiger partial charge in [0.2, 0.25) is 5.91 Å². The minimum Gasteiger partial charge on any atom is -0.465 e. The summed E-state index contributed by atoms with van der Waals surface area (Å²) >= 11 is 1.24. The number of carbonyl (C=O) groups excluding carboxylic acids is 2. The highest BCUT2D eigenvalue weighted by atomic mass is 32.1. The maximum atomic E-state index is 12.8. The van der Waals surface area contributed by atoms with Crippen LogP contribution in [-0.4, -0.2) is 55.2 Å². The fourth-order valence-corrected chi connectivity index (χ4v) is 4.68. The Labute approximate surface area is 185 Å². The van der Waals surface area contributed by atoms with E-state index in [1.54, 1.807) is 0 Å². The second-order valence-electron chi connectivity index (χ2n) is 7.49. The van der Waals surface area contributed by atoms with Crippen molar-refractivity contribution >= 4 is 39.1 Å². The van der Waals surface area contributed by atoms with Gasteiger partial charge in [-0.1, -0.05) is 24.3 Å². The highest BCUT2D eigenvalue weighted by molar-refractivity contribution is 7.21. The molecular formula is C23H25N3O4S. The summed E-state index contributed by atoms with van der Waals surface area (Å²) in [6.07, 6.45) is 0.229. The fraction of sp³-hybridized carbons (Fsp3) is 0.348. The normalized spacial score (nSPS) is 14.5. The monoisotopic (exact) mass is 439 g/mol. The van der Waals surface area contributed by atoms with Gasteiger partial charge in [0.05, 0.1) is 38.1 Å². The van der Waals surface area contributed by atoms with Gasteiger partial charge in [0.1, 0.15) is 9.71 Å². The van der Waals surface area contributed by atoms with E-state index >= 15 is 0 Å². The maximum absolute atomic E-state index is 12.8. The SMILES string of the molecule is COC(=O)c1sc2nc(CN3CCOCC3)ccc2c1NC(=O)Cc1ccccc1C. The molecule has 1 amide bonds. The third kappa shape index (κ3) is 4.92. The first-order valence-corrected chi connectivity index (χ1v) is 11.0. The Morgan fingerprint density at radius 3 is 2.71 bits per heavy atom. The minimum atomic E-state index is -0.482. The lowest BCUT2D eigenvalue weighted by Crippen LogP contribution is -2.35. The molecule has 8 heteroatoms. The highest BCUT2D eigenvalue weighted by Crippen LogP contribution is 2.35. The Morgan fingerprint density at radius 1 is 1.19 bits per heavy atom. The van der Waals surface area contributed by atoms with E-state index in [0.717, 1.165) is 55.1 Å². The number of pyridine rings is 1. The van der Waals surface area contributed by atoms with Gasteiger partial charge in [-0.25, -0.2) is 9.78 Å². The molecule has 1 aliphatic heterocycles. The molecule has 31 heavy (non-hydrogen) atoms. The summed E-state index contributed by atoms with van der Waals surface area (Å²) in [5.41, 5.74) is 3.39. The molecule has 1 fully saturated rings. The van der Waals surface area contributed by atoms with Crippen LogP contribution in [0.25, 0.3) is 10.2 Å². The van der Waals surface area contributed by atoms with Crippen molar-refractivity contribution in [1.82, 2.24) is 9.88 Å². The molecule has 3 aromatic rings. The Hall–Kier alpha value is -2.81. The van der Waals surface area contributed by atoms with Crippen LogP contribution in [0.5, 0.6) is 0 Å². The standard InChI is InChI=1S/C23H25N3O4S/c1-15-5-3-4-6-16(15)13-19(27)25-20-18-8-7-17(14-26-9-11-30-12-10-26)24-22(18)31-21(20)23(28)29-2/h3-8H,9-14H2,1-2H3,(H,25,27). The van der Waals surface area contributed by atoms with Crippen LogP contribution < -0.4 is 5.32 Å². The lowest BCUT2D eigenvalue weighted by atomic mass is 10.1. The van der Waals surface area contributed by atoms with Gasteiger partial charge in [-0.3, -0.25) is 9.69 Å². The van der Waals surface area contributed by atoms with Crippen LogP contribution in [0.15, 0.2) is 36.4 Å². The van der Waals surface area contributed by atoms with Crippen LogP contribution in [0, 0.1) is 6.92 Å². The van der Waals surface area contributed by atoms with Crippen molar-refractivity contribution in [3.05, 3.63) is 58.1 Å². The van der Waals surface area contributed by atoms with Crippen LogP contribution in [-0.2, 0) is 27.2 Å². The van der Waals surface area contributed by atoms with Crippen molar-refractivity contribution in [2.45, 2.75) is 19.9 Å². The van der Waals surface area contributed by atoms with E-state index in [-0.39, 0.29) is 12.3 Å². The predicted molar refractivity (Wildman–Crippen MR) is 121 cm³/mol. The number of nitrogens with zero attached hydrogens (tertiary/aromatic N) is 2. The molecule has 0 spiro atoms. The summed E-state index contributed by atoms with van der Waals surface area (Å²) in [5.74, 6) is -0.666. The van der Waals surface area contributed by atoms with E-state index in [1.165, 1.54) is 18.4 Å². The molecule has 0 saturated carbocycles. The summed E-state index contributed by atoms with van der Waals surface area (Å²) in [5, 5.41) is 3.67. The lowest BCUT2D eigenvalue weighted by Gasteiger charge is -2.26. The van der Waals surface area contributed by atoms with Crippen LogP contribution >= 0.6 is 11.3 Å². The predicted octanol–water partition coefficient (Wildman–Crippen LogP) is 3.40. The van der Waals surface area contributed by atoms with Gasteiger partial charge in [-0.05, 0) is 30.2 Å². The number of aromatic nitrogens is 1. The van der Waals surface area contributed by atoms with Crippen molar-refractivity contribution in [1.29, 1.82) is 0 Å². The lowest BCUT2D eigenvalue weighted by molar-refractivity contribution is -0.115. The van der Waals surface area contributed by atoms with Gasteiger partial charge >= 0.3 is 5.97 Å². The number of benzene rings is 1. The van der Waals surface area contributed by atoms with Gasteiger partial charge < -0.3 is 14.8 Å². The third-order valence-electron chi connectivity index (χ3n) is 5.35. The summed E-state index contributed by atoms with van der Waals surface area (Å²) in [4.78, 5) is 33.3. The van der Waals surface area contributed by atoms with E-state index in [9.17, 15) is 9.59 Å². The van der Waals surface area contributed by atoms with E-state index in [1.807, 2.05) is 43.3 Å². The van der Waals surface area contributed by atoms with Crippen LogP contribution in [0.1, 0.15) is 26.5 Å². The largest absolute Gasteiger partial charge is 0.465 e. The molecule has 1 N–H and O–H groups in total. The summed E-state index contributed by atoms with van der Waals surface area (Å²) in [6.45, 7) is 5.90. The van der Waals surface area contributed by atoms with Crippen molar-refractivity contribution < 1.29 is 19.1 Å². The number of rotatable bonds is 6. The van der Waals surface area contributed by atoms with Gasteiger partial charge in [-0.15, -0.1) is 11.3 Å². The summed E-state index contributed by atoms with van der Waals surface area (Å²) in [6, 6.07) is 11.6. The Morgan fingerprint density at radius 2 is 1.97 bits per heavy atom. The fourth-order valence-electron chi connectivity index (χ4n) is 3.62. The number of carbonyl (C=O) groups is 2. The molecule has 1 saturated heterocycles. The zero-order chi connectivity index (χ0) is 21.8. The van der Waals surface area contributed by atoms with Crippen LogP contribution in [0.4, 0.5) is 5.69 Å². The molecule has 0 aliphatic carbocycles. The number of ether oxygens (including phenoxy) is 2. The van der Waals surface area contributed by atoms with Crippen molar-refractivity contribution in [2.24, 2.45) is 0 Å². The maximum Gasteiger partial charge on any atom is 0.350 e. The molecule has 0 atom stereocenters. The number of methoxy groups -OCH3 is 1. The minimum absolute atomic E-state index is 0.184. The number of nitrogens with one attached hydrogen (secondary N) is 1. The molecular weight excluding hydrogens is 414 g/mol. The van der Waals surface area contributed by atoms with Gasteiger partial charge in [-0.2, -0.15) is 0 Å². The third-order valence-corrected chi connectivity index (χ3v) is 6.43. The highest BCUT2D eigenvalue weighted by Gasteiger charge is 2.22. The molecule has 0 unspecified atom stereocenters. The Kier molecular flexibility index (Phi) is 6.60. The smallest absolute Gasteiger partial charge is 0.350 e. The second-order valence-corrected chi connectivity index (χ2v) is 8.49. The molecule has 2 aromatic heterocycles. The first-order chi connectivity index (χ1) is 15.0. The van der Waals surface area contributed by atoms with Crippen molar-refractivity contribution in [3.63, 3.8) is 0 Å². The number of hydrogen-bond acceptors (Lipinski definition) is 7. The molecule has 3 heterocycles. The zero-order valence-electron chi connectivity index (χ0n) is 17.6. The van der Waals surface area contributed by atoms with Gasteiger partial charge in [0, 0.05) is 25.0 Å². The number of morpholine rings is 1. The molecule has 0 bridgehead atoms. The van der Waals surface area contributed by atoms with E-state index in [0.29, 0.717) is 15.4 Å². The second kappa shape index (κ2) is 9.55. The molecule has 7 nitrogen and oxygen atoms in total. The van der Waals surface area contributed by atoms with Crippen molar-refractivity contribution in [3.8, 4) is 0 Å². The van der Waals surface area contributed by atoms with Crippen LogP contribution in [0.2, 0.25) is 0 Å². The number of anilines is 1. The molecule has 4 rings (SSSR count). The quantitative estimate of drug-likeness (QED) is 0.593. The molecule has 1 aromatic carbocycles. The van der Waals surface area contributed by atoms with Crippen LogP contribution in [0.3, 0.4) is 0 Å². The topological polar surface area (TPSA) is 80.8 Å². The average Bonchev–Trinajstić information content (AvgIpc) is 3.13. The van der Waals surface area contributed by atoms with Crippen molar-refractivity contribution in [2.75, 3.05) is 38.7 Å².